The van der Waals surface area contributed by atoms with Gasteiger partial charge in [0.25, 0.3) is 0 Å². The molecule has 0 radical (unpaired) electrons. The molecule has 1 aliphatic carbocycles. The summed E-state index contributed by atoms with van der Waals surface area (Å²) in [5.74, 6) is 7.53. The first-order chi connectivity index (χ1) is 10.2. The summed E-state index contributed by atoms with van der Waals surface area (Å²) < 4.78 is 1.15. The molecule has 0 saturated heterocycles. The second-order valence-corrected chi connectivity index (χ2v) is 7.45. The molecule has 0 bridgehead atoms. The summed E-state index contributed by atoms with van der Waals surface area (Å²) in [6.45, 7) is 2.29. The highest BCUT2D eigenvalue weighted by molar-refractivity contribution is 9.10. The highest BCUT2D eigenvalue weighted by Gasteiger charge is 2.26. The SMILES string of the molecule is CCCCC1CCC(C(Cc2cccc(Br)c2)NN)CC1. The Labute approximate surface area is 138 Å². The predicted octanol–water partition coefficient (Wildman–Crippen LogP) is 4.82. The van der Waals surface area contributed by atoms with Gasteiger partial charge >= 0.3 is 0 Å². The van der Waals surface area contributed by atoms with Crippen LogP contribution in [-0.2, 0) is 6.42 Å². The molecule has 1 saturated carbocycles. The molecule has 0 amide bonds. The Balaban J connectivity index is 1.85. The lowest BCUT2D eigenvalue weighted by molar-refractivity contribution is 0.211. The lowest BCUT2D eigenvalue weighted by Gasteiger charge is -2.33. The number of hydrogen-bond donors (Lipinski definition) is 2. The Bertz CT molecular complexity index is 413. The molecule has 1 aliphatic rings. The van der Waals surface area contributed by atoms with Crippen molar-refractivity contribution in [1.29, 1.82) is 0 Å². The Morgan fingerprint density at radius 2 is 2.05 bits per heavy atom. The summed E-state index contributed by atoms with van der Waals surface area (Å²) in [6, 6.07) is 8.99. The summed E-state index contributed by atoms with van der Waals surface area (Å²) >= 11 is 3.55. The topological polar surface area (TPSA) is 38.0 Å². The van der Waals surface area contributed by atoms with Crippen molar-refractivity contribution in [2.45, 2.75) is 64.3 Å². The summed E-state index contributed by atoms with van der Waals surface area (Å²) in [7, 11) is 0. The van der Waals surface area contributed by atoms with Crippen LogP contribution in [0, 0.1) is 11.8 Å². The van der Waals surface area contributed by atoms with E-state index in [4.69, 9.17) is 5.84 Å². The first kappa shape index (κ1) is 17.0. The predicted molar refractivity (Wildman–Crippen MR) is 93.9 cm³/mol. The van der Waals surface area contributed by atoms with Crippen LogP contribution in [0.1, 0.15) is 57.4 Å². The Morgan fingerprint density at radius 3 is 2.67 bits per heavy atom. The van der Waals surface area contributed by atoms with E-state index in [1.165, 1.54) is 50.5 Å². The van der Waals surface area contributed by atoms with Gasteiger partial charge in [-0.1, -0.05) is 67.1 Å². The van der Waals surface area contributed by atoms with Gasteiger partial charge in [0.1, 0.15) is 0 Å². The number of halogens is 1. The molecule has 118 valence electrons. The maximum absolute atomic E-state index is 5.84. The normalized spacial score (nSPS) is 24.0. The molecule has 0 aliphatic heterocycles. The minimum absolute atomic E-state index is 0.409. The van der Waals surface area contributed by atoms with Crippen molar-refractivity contribution in [1.82, 2.24) is 5.43 Å². The van der Waals surface area contributed by atoms with Crippen LogP contribution in [0.4, 0.5) is 0 Å². The molecule has 1 atom stereocenters. The number of unbranched alkanes of at least 4 members (excludes halogenated alkanes) is 1. The molecule has 0 aromatic heterocycles. The van der Waals surface area contributed by atoms with Gasteiger partial charge in [0.2, 0.25) is 0 Å². The maximum Gasteiger partial charge on any atom is 0.0279 e. The molecule has 0 heterocycles. The molecule has 1 fully saturated rings. The number of nitrogens with two attached hydrogens (primary N) is 1. The van der Waals surface area contributed by atoms with E-state index in [0.29, 0.717) is 6.04 Å². The van der Waals surface area contributed by atoms with Crippen molar-refractivity contribution >= 4 is 15.9 Å². The highest BCUT2D eigenvalue weighted by Crippen LogP contribution is 2.34. The second kappa shape index (κ2) is 8.92. The van der Waals surface area contributed by atoms with Crippen molar-refractivity contribution in [3.05, 3.63) is 34.3 Å². The fraction of sp³-hybridized carbons (Fsp3) is 0.667. The largest absolute Gasteiger partial charge is 0.271 e. The third-order valence-corrected chi connectivity index (χ3v) is 5.48. The van der Waals surface area contributed by atoms with E-state index in [1.54, 1.807) is 0 Å². The van der Waals surface area contributed by atoms with Crippen LogP contribution in [0.3, 0.4) is 0 Å². The second-order valence-electron chi connectivity index (χ2n) is 6.53. The first-order valence-corrected chi connectivity index (χ1v) is 9.22. The highest BCUT2D eigenvalue weighted by atomic mass is 79.9. The number of nitrogens with one attached hydrogen (secondary N) is 1. The quantitative estimate of drug-likeness (QED) is 0.545. The lowest BCUT2D eigenvalue weighted by atomic mass is 9.76. The van der Waals surface area contributed by atoms with Gasteiger partial charge in [-0.05, 0) is 48.8 Å². The standard InChI is InChI=1S/C18H29BrN2/c1-2-3-5-14-8-10-16(11-9-14)18(21-20)13-15-6-4-7-17(19)12-15/h4,6-7,12,14,16,18,21H,2-3,5,8-11,13,20H2,1H3. The molecule has 21 heavy (non-hydrogen) atoms. The van der Waals surface area contributed by atoms with Crippen LogP contribution in [0.15, 0.2) is 28.7 Å². The Hall–Kier alpha value is -0.380. The summed E-state index contributed by atoms with van der Waals surface area (Å²) in [6.07, 6.45) is 10.6. The van der Waals surface area contributed by atoms with E-state index < -0.39 is 0 Å². The molecular formula is C18H29BrN2. The van der Waals surface area contributed by atoms with Crippen molar-refractivity contribution in [3.63, 3.8) is 0 Å². The zero-order valence-electron chi connectivity index (χ0n) is 13.2. The molecule has 2 nitrogen and oxygen atoms in total. The monoisotopic (exact) mass is 352 g/mol. The minimum atomic E-state index is 0.409. The van der Waals surface area contributed by atoms with Gasteiger partial charge in [0.05, 0.1) is 0 Å². The molecule has 1 aromatic carbocycles. The minimum Gasteiger partial charge on any atom is -0.271 e. The summed E-state index contributed by atoms with van der Waals surface area (Å²) in [4.78, 5) is 0. The van der Waals surface area contributed by atoms with Gasteiger partial charge < -0.3 is 0 Å². The first-order valence-electron chi connectivity index (χ1n) is 8.43. The third-order valence-electron chi connectivity index (χ3n) is 4.99. The van der Waals surface area contributed by atoms with E-state index in [9.17, 15) is 0 Å². The molecule has 1 unspecified atom stereocenters. The van der Waals surface area contributed by atoms with E-state index in [1.807, 2.05) is 0 Å². The molecule has 0 spiro atoms. The number of hydrazine groups is 1. The molecule has 3 N–H and O–H groups in total. The smallest absolute Gasteiger partial charge is 0.0279 e. The van der Waals surface area contributed by atoms with Crippen LogP contribution in [-0.4, -0.2) is 6.04 Å². The van der Waals surface area contributed by atoms with E-state index in [0.717, 1.165) is 22.7 Å². The van der Waals surface area contributed by atoms with E-state index >= 15 is 0 Å². The molecule has 3 heteroatoms. The van der Waals surface area contributed by atoms with Crippen molar-refractivity contribution in [2.24, 2.45) is 17.7 Å². The Morgan fingerprint density at radius 1 is 1.29 bits per heavy atom. The van der Waals surface area contributed by atoms with Gasteiger partial charge in [-0.25, -0.2) is 0 Å². The fourth-order valence-electron chi connectivity index (χ4n) is 3.65. The van der Waals surface area contributed by atoms with Gasteiger partial charge in [-0.2, -0.15) is 0 Å². The molecular weight excluding hydrogens is 324 g/mol. The number of rotatable bonds is 7. The van der Waals surface area contributed by atoms with Gasteiger partial charge in [0.15, 0.2) is 0 Å². The van der Waals surface area contributed by atoms with Crippen LogP contribution in [0.25, 0.3) is 0 Å². The number of benzene rings is 1. The summed E-state index contributed by atoms with van der Waals surface area (Å²) in [5, 5.41) is 0. The van der Waals surface area contributed by atoms with Crippen LogP contribution in [0.5, 0.6) is 0 Å². The average molecular weight is 353 g/mol. The van der Waals surface area contributed by atoms with Crippen LogP contribution in [0.2, 0.25) is 0 Å². The summed E-state index contributed by atoms with van der Waals surface area (Å²) in [5.41, 5.74) is 4.44. The Kier molecular flexibility index (Phi) is 7.21. The van der Waals surface area contributed by atoms with Crippen molar-refractivity contribution in [2.75, 3.05) is 0 Å². The van der Waals surface area contributed by atoms with Crippen LogP contribution >= 0.6 is 15.9 Å². The van der Waals surface area contributed by atoms with Gasteiger partial charge in [-0.15, -0.1) is 0 Å². The van der Waals surface area contributed by atoms with E-state index in [2.05, 4.69) is 52.5 Å². The van der Waals surface area contributed by atoms with Crippen LogP contribution < -0.4 is 11.3 Å². The van der Waals surface area contributed by atoms with E-state index in [-0.39, 0.29) is 0 Å². The average Bonchev–Trinajstić information content (AvgIpc) is 2.51. The van der Waals surface area contributed by atoms with Crippen molar-refractivity contribution < 1.29 is 0 Å². The maximum atomic E-state index is 5.84. The third kappa shape index (κ3) is 5.39. The zero-order chi connectivity index (χ0) is 15.1. The lowest BCUT2D eigenvalue weighted by Crippen LogP contribution is -2.43. The fourth-order valence-corrected chi connectivity index (χ4v) is 4.10. The van der Waals surface area contributed by atoms with Gasteiger partial charge in [-0.3, -0.25) is 11.3 Å². The molecule has 2 rings (SSSR count). The van der Waals surface area contributed by atoms with Crippen molar-refractivity contribution in [3.8, 4) is 0 Å². The molecule has 1 aromatic rings. The zero-order valence-corrected chi connectivity index (χ0v) is 14.7. The number of hydrogen-bond acceptors (Lipinski definition) is 2. The van der Waals surface area contributed by atoms with Gasteiger partial charge in [0, 0.05) is 10.5 Å².